The van der Waals surface area contributed by atoms with Gasteiger partial charge in [0, 0.05) is 45.7 Å². The summed E-state index contributed by atoms with van der Waals surface area (Å²) in [5.41, 5.74) is 2.26. The second kappa shape index (κ2) is 9.97. The van der Waals surface area contributed by atoms with Crippen LogP contribution in [0.5, 0.6) is 0 Å². The molecule has 0 fully saturated rings. The molecule has 0 radical (unpaired) electrons. The van der Waals surface area contributed by atoms with E-state index in [0.29, 0.717) is 11.4 Å². The van der Waals surface area contributed by atoms with E-state index in [-0.39, 0.29) is 0 Å². The summed E-state index contributed by atoms with van der Waals surface area (Å²) in [7, 11) is 0.666. The monoisotopic (exact) mass is 388 g/mol. The highest BCUT2D eigenvalue weighted by atomic mass is 32.2. The van der Waals surface area contributed by atoms with Crippen LogP contribution in [0, 0.1) is 0 Å². The van der Waals surface area contributed by atoms with E-state index in [4.69, 9.17) is 0 Å². The van der Waals surface area contributed by atoms with E-state index in [9.17, 15) is 8.42 Å². The van der Waals surface area contributed by atoms with Gasteiger partial charge in [-0.25, -0.2) is 8.42 Å². The van der Waals surface area contributed by atoms with Gasteiger partial charge in [-0.15, -0.1) is 0 Å². The van der Waals surface area contributed by atoms with Gasteiger partial charge in [0.25, 0.3) is 0 Å². The molecular formula is C20H28N4O2S. The Bertz CT molecular complexity index is 834. The van der Waals surface area contributed by atoms with Gasteiger partial charge in [0.05, 0.1) is 4.90 Å². The highest BCUT2D eigenvalue weighted by Gasteiger charge is 2.06. The third kappa shape index (κ3) is 6.94. The quantitative estimate of drug-likeness (QED) is 0.534. The Morgan fingerprint density at radius 3 is 2.22 bits per heavy atom. The van der Waals surface area contributed by atoms with Crippen molar-refractivity contribution >= 4 is 21.5 Å². The van der Waals surface area contributed by atoms with Gasteiger partial charge >= 0.3 is 0 Å². The number of guanidine groups is 1. The SMILES string of the molecule is CN=C(NCCc1ccc(S(C)(=O)=O)cc1)NCCN(C)c1ccccc1. The molecule has 27 heavy (non-hydrogen) atoms. The average Bonchev–Trinajstić information content (AvgIpc) is 2.67. The predicted octanol–water partition coefficient (Wildman–Crippen LogP) is 1.93. The highest BCUT2D eigenvalue weighted by molar-refractivity contribution is 7.90. The Kier molecular flexibility index (Phi) is 7.67. The predicted molar refractivity (Wildman–Crippen MR) is 112 cm³/mol. The minimum atomic E-state index is -3.14. The van der Waals surface area contributed by atoms with Gasteiger partial charge in [0.15, 0.2) is 15.8 Å². The molecule has 146 valence electrons. The molecule has 0 aromatic heterocycles. The van der Waals surface area contributed by atoms with E-state index in [1.54, 1.807) is 19.2 Å². The van der Waals surface area contributed by atoms with Crippen molar-refractivity contribution in [2.75, 3.05) is 44.9 Å². The maximum Gasteiger partial charge on any atom is 0.191 e. The molecule has 0 aliphatic carbocycles. The molecule has 2 N–H and O–H groups in total. The van der Waals surface area contributed by atoms with Crippen LogP contribution in [-0.4, -0.2) is 54.4 Å². The third-order valence-electron chi connectivity index (χ3n) is 4.22. The molecule has 0 saturated heterocycles. The summed E-state index contributed by atoms with van der Waals surface area (Å²) in [5.74, 6) is 0.754. The first kappa shape index (κ1) is 20.8. The molecule has 0 heterocycles. The third-order valence-corrected chi connectivity index (χ3v) is 5.35. The Balaban J connectivity index is 1.72. The number of nitrogens with zero attached hydrogens (tertiary/aromatic N) is 2. The number of anilines is 1. The molecule has 0 saturated carbocycles. The van der Waals surface area contributed by atoms with Gasteiger partial charge in [-0.05, 0) is 36.2 Å². The van der Waals surface area contributed by atoms with Crippen LogP contribution in [0.1, 0.15) is 5.56 Å². The maximum atomic E-state index is 11.5. The van der Waals surface area contributed by atoms with Crippen LogP contribution in [0.3, 0.4) is 0 Å². The lowest BCUT2D eigenvalue weighted by Crippen LogP contribution is -2.41. The number of likely N-dealkylation sites (N-methyl/N-ethyl adjacent to an activating group) is 1. The maximum absolute atomic E-state index is 11.5. The fourth-order valence-corrected chi connectivity index (χ4v) is 3.23. The number of hydrogen-bond donors (Lipinski definition) is 2. The molecule has 0 amide bonds. The molecule has 0 atom stereocenters. The Morgan fingerprint density at radius 1 is 1.00 bits per heavy atom. The normalized spacial score (nSPS) is 11.9. The second-order valence-corrected chi connectivity index (χ2v) is 8.36. The zero-order chi connectivity index (χ0) is 19.7. The highest BCUT2D eigenvalue weighted by Crippen LogP contribution is 2.11. The number of hydrogen-bond acceptors (Lipinski definition) is 4. The van der Waals surface area contributed by atoms with Crippen molar-refractivity contribution in [3.63, 3.8) is 0 Å². The molecule has 0 aliphatic heterocycles. The van der Waals surface area contributed by atoms with E-state index < -0.39 is 9.84 Å². The standard InChI is InChI=1S/C20H28N4O2S/c1-21-20(23-15-16-24(2)18-7-5-4-6-8-18)22-14-13-17-9-11-19(12-10-17)27(3,25)26/h4-12H,13-16H2,1-3H3,(H2,21,22,23). The first-order valence-electron chi connectivity index (χ1n) is 8.90. The summed E-state index contributed by atoms with van der Waals surface area (Å²) in [6.07, 6.45) is 2.00. The van der Waals surface area contributed by atoms with Crippen LogP contribution < -0.4 is 15.5 Å². The van der Waals surface area contributed by atoms with Crippen LogP contribution in [0.15, 0.2) is 64.5 Å². The smallest absolute Gasteiger partial charge is 0.191 e. The number of nitrogens with one attached hydrogen (secondary N) is 2. The van der Waals surface area contributed by atoms with E-state index in [2.05, 4.69) is 39.7 Å². The second-order valence-electron chi connectivity index (χ2n) is 6.35. The van der Waals surface area contributed by atoms with Crippen molar-refractivity contribution in [2.45, 2.75) is 11.3 Å². The number of rotatable bonds is 8. The number of benzene rings is 2. The molecule has 6 nitrogen and oxygen atoms in total. The van der Waals surface area contributed by atoms with Gasteiger partial charge in [0.2, 0.25) is 0 Å². The van der Waals surface area contributed by atoms with Crippen LogP contribution in [0.25, 0.3) is 0 Å². The fourth-order valence-electron chi connectivity index (χ4n) is 2.60. The van der Waals surface area contributed by atoms with Gasteiger partial charge < -0.3 is 15.5 Å². The zero-order valence-electron chi connectivity index (χ0n) is 16.1. The summed E-state index contributed by atoms with van der Waals surface area (Å²) in [5, 5.41) is 6.58. The minimum Gasteiger partial charge on any atom is -0.373 e. The van der Waals surface area contributed by atoms with Gasteiger partial charge in [-0.1, -0.05) is 30.3 Å². The molecule has 0 bridgehead atoms. The van der Waals surface area contributed by atoms with Crippen LogP contribution in [-0.2, 0) is 16.3 Å². The van der Waals surface area contributed by atoms with Crippen LogP contribution in [0.2, 0.25) is 0 Å². The van der Waals surface area contributed by atoms with Gasteiger partial charge in [-0.3, -0.25) is 4.99 Å². The first-order valence-corrected chi connectivity index (χ1v) is 10.8. The fraction of sp³-hybridized carbons (Fsp3) is 0.350. The summed E-state index contributed by atoms with van der Waals surface area (Å²) in [6.45, 7) is 2.35. The van der Waals surface area contributed by atoms with E-state index in [0.717, 1.165) is 31.0 Å². The van der Waals surface area contributed by atoms with Gasteiger partial charge in [-0.2, -0.15) is 0 Å². The van der Waals surface area contributed by atoms with Crippen LogP contribution >= 0.6 is 0 Å². The van der Waals surface area contributed by atoms with Crippen molar-refractivity contribution in [1.29, 1.82) is 0 Å². The molecule has 2 rings (SSSR count). The Morgan fingerprint density at radius 2 is 1.63 bits per heavy atom. The number of para-hydroxylation sites is 1. The van der Waals surface area contributed by atoms with E-state index in [1.807, 2.05) is 30.3 Å². The van der Waals surface area contributed by atoms with Crippen LogP contribution in [0.4, 0.5) is 5.69 Å². The zero-order valence-corrected chi connectivity index (χ0v) is 17.0. The average molecular weight is 389 g/mol. The lowest BCUT2D eigenvalue weighted by Gasteiger charge is -2.20. The Labute approximate surface area is 162 Å². The van der Waals surface area contributed by atoms with E-state index in [1.165, 1.54) is 11.9 Å². The number of sulfone groups is 1. The minimum absolute atomic E-state index is 0.347. The topological polar surface area (TPSA) is 73.8 Å². The largest absolute Gasteiger partial charge is 0.373 e. The lowest BCUT2D eigenvalue weighted by atomic mass is 10.1. The molecule has 0 aliphatic rings. The molecule has 0 spiro atoms. The van der Waals surface area contributed by atoms with Crippen molar-refractivity contribution < 1.29 is 8.42 Å². The van der Waals surface area contributed by atoms with Crippen molar-refractivity contribution in [2.24, 2.45) is 4.99 Å². The first-order chi connectivity index (χ1) is 12.9. The lowest BCUT2D eigenvalue weighted by molar-refractivity contribution is 0.602. The van der Waals surface area contributed by atoms with Gasteiger partial charge in [0.1, 0.15) is 0 Å². The molecular weight excluding hydrogens is 360 g/mol. The van der Waals surface area contributed by atoms with E-state index >= 15 is 0 Å². The van der Waals surface area contributed by atoms with Crippen molar-refractivity contribution in [1.82, 2.24) is 10.6 Å². The molecule has 2 aromatic rings. The summed E-state index contributed by atoms with van der Waals surface area (Å²) < 4.78 is 23.0. The molecule has 7 heteroatoms. The Hall–Kier alpha value is -2.54. The number of aliphatic imine (C=N–C) groups is 1. The van der Waals surface area contributed by atoms with Crippen molar-refractivity contribution in [3.05, 3.63) is 60.2 Å². The molecule has 0 unspecified atom stereocenters. The van der Waals surface area contributed by atoms with Crippen molar-refractivity contribution in [3.8, 4) is 0 Å². The molecule has 2 aromatic carbocycles. The summed E-state index contributed by atoms with van der Waals surface area (Å²) >= 11 is 0. The summed E-state index contributed by atoms with van der Waals surface area (Å²) in [6, 6.07) is 17.2. The summed E-state index contributed by atoms with van der Waals surface area (Å²) in [4.78, 5) is 6.76.